The SMILES string of the molecule is CCOc1ccc(C(=O)C2CC(=O)Nc3c2c(C)nn3-c2ccc(C)cc2C)cc1. The number of carbonyl (C=O) groups is 2. The van der Waals surface area contributed by atoms with Gasteiger partial charge in [-0.3, -0.25) is 9.59 Å². The van der Waals surface area contributed by atoms with Crippen LogP contribution in [-0.4, -0.2) is 28.1 Å². The molecule has 4 rings (SSSR count). The number of fused-ring (bicyclic) bond motifs is 1. The van der Waals surface area contributed by atoms with E-state index in [0.29, 0.717) is 18.0 Å². The molecule has 6 heteroatoms. The quantitative estimate of drug-likeness (QED) is 0.637. The molecule has 0 radical (unpaired) electrons. The van der Waals surface area contributed by atoms with Crippen molar-refractivity contribution in [2.24, 2.45) is 0 Å². The van der Waals surface area contributed by atoms with Crippen LogP contribution in [-0.2, 0) is 4.79 Å². The van der Waals surface area contributed by atoms with Crippen LogP contribution in [0.3, 0.4) is 0 Å². The van der Waals surface area contributed by atoms with Crippen LogP contribution in [0.2, 0.25) is 0 Å². The molecule has 1 aliphatic heterocycles. The Kier molecular flexibility index (Phi) is 5.16. The molecule has 0 spiro atoms. The van der Waals surface area contributed by atoms with Gasteiger partial charge in [-0.25, -0.2) is 4.68 Å². The molecule has 1 atom stereocenters. The number of aromatic nitrogens is 2. The molecule has 6 nitrogen and oxygen atoms in total. The zero-order valence-corrected chi connectivity index (χ0v) is 17.7. The Bertz CT molecular complexity index is 1130. The number of nitrogens with zero attached hydrogens (tertiary/aromatic N) is 2. The maximum Gasteiger partial charge on any atom is 0.226 e. The van der Waals surface area contributed by atoms with E-state index in [9.17, 15) is 9.59 Å². The number of amides is 1. The second-order valence-electron chi connectivity index (χ2n) is 7.68. The van der Waals surface area contributed by atoms with Gasteiger partial charge in [-0.05, 0) is 63.6 Å². The van der Waals surface area contributed by atoms with Gasteiger partial charge in [0.05, 0.1) is 23.9 Å². The number of aryl methyl sites for hydroxylation is 3. The van der Waals surface area contributed by atoms with E-state index < -0.39 is 5.92 Å². The van der Waals surface area contributed by atoms with Crippen LogP contribution in [0.15, 0.2) is 42.5 Å². The normalized spacial score (nSPS) is 15.5. The summed E-state index contributed by atoms with van der Waals surface area (Å²) in [6.07, 6.45) is 0.110. The number of nitrogens with one attached hydrogen (secondary N) is 1. The summed E-state index contributed by atoms with van der Waals surface area (Å²) in [4.78, 5) is 25.8. The average molecular weight is 403 g/mol. The molecule has 154 valence electrons. The highest BCUT2D eigenvalue weighted by Gasteiger charge is 2.36. The Hall–Kier alpha value is -3.41. The fraction of sp³-hybridized carbons (Fsp3) is 0.292. The molecule has 1 aliphatic rings. The Labute approximate surface area is 175 Å². The van der Waals surface area contributed by atoms with Gasteiger partial charge in [-0.2, -0.15) is 5.10 Å². The fourth-order valence-electron chi connectivity index (χ4n) is 4.07. The number of hydrogen-bond acceptors (Lipinski definition) is 4. The molecule has 1 N–H and O–H groups in total. The smallest absolute Gasteiger partial charge is 0.226 e. The molecule has 0 saturated heterocycles. The predicted octanol–water partition coefficient (Wildman–Crippen LogP) is 4.50. The van der Waals surface area contributed by atoms with Crippen LogP contribution in [0.4, 0.5) is 5.82 Å². The Morgan fingerprint density at radius 2 is 1.90 bits per heavy atom. The number of ketones is 1. The van der Waals surface area contributed by atoms with Gasteiger partial charge in [0.2, 0.25) is 5.91 Å². The summed E-state index contributed by atoms with van der Waals surface area (Å²) in [6, 6.07) is 13.2. The highest BCUT2D eigenvalue weighted by atomic mass is 16.5. The van der Waals surface area contributed by atoms with Gasteiger partial charge in [0, 0.05) is 17.5 Å². The third kappa shape index (κ3) is 3.49. The van der Waals surface area contributed by atoms with Crippen molar-refractivity contribution in [3.8, 4) is 11.4 Å². The monoisotopic (exact) mass is 403 g/mol. The van der Waals surface area contributed by atoms with Crippen molar-refractivity contribution in [2.45, 2.75) is 40.0 Å². The second kappa shape index (κ2) is 7.78. The topological polar surface area (TPSA) is 73.2 Å². The molecule has 0 fully saturated rings. The predicted molar refractivity (Wildman–Crippen MR) is 116 cm³/mol. The van der Waals surface area contributed by atoms with Crippen LogP contribution >= 0.6 is 0 Å². The Balaban J connectivity index is 1.76. The minimum Gasteiger partial charge on any atom is -0.494 e. The first kappa shape index (κ1) is 19.9. The second-order valence-corrected chi connectivity index (χ2v) is 7.68. The maximum atomic E-state index is 13.3. The summed E-state index contributed by atoms with van der Waals surface area (Å²) in [5, 5.41) is 7.62. The first-order chi connectivity index (χ1) is 14.4. The molecule has 3 aromatic rings. The number of carbonyl (C=O) groups excluding carboxylic acids is 2. The van der Waals surface area contributed by atoms with Gasteiger partial charge in [0.15, 0.2) is 5.78 Å². The van der Waals surface area contributed by atoms with E-state index in [4.69, 9.17) is 4.74 Å². The lowest BCUT2D eigenvalue weighted by Crippen LogP contribution is -2.28. The van der Waals surface area contributed by atoms with Gasteiger partial charge >= 0.3 is 0 Å². The van der Waals surface area contributed by atoms with Crippen LogP contribution in [0.5, 0.6) is 5.75 Å². The van der Waals surface area contributed by atoms with Gasteiger partial charge in [0.1, 0.15) is 11.6 Å². The first-order valence-electron chi connectivity index (χ1n) is 10.1. The van der Waals surface area contributed by atoms with Crippen molar-refractivity contribution in [1.82, 2.24) is 9.78 Å². The van der Waals surface area contributed by atoms with Crippen molar-refractivity contribution < 1.29 is 14.3 Å². The van der Waals surface area contributed by atoms with Gasteiger partial charge in [-0.1, -0.05) is 17.7 Å². The molecule has 2 heterocycles. The van der Waals surface area contributed by atoms with Crippen LogP contribution in [0, 0.1) is 20.8 Å². The largest absolute Gasteiger partial charge is 0.494 e. The summed E-state index contributed by atoms with van der Waals surface area (Å²) < 4.78 is 7.21. The number of rotatable bonds is 5. The summed E-state index contributed by atoms with van der Waals surface area (Å²) in [6.45, 7) is 8.41. The minimum atomic E-state index is -0.564. The summed E-state index contributed by atoms with van der Waals surface area (Å²) in [5.41, 5.74) is 5.18. The Morgan fingerprint density at radius 3 is 2.57 bits per heavy atom. The van der Waals surface area contributed by atoms with Crippen LogP contribution in [0.25, 0.3) is 5.69 Å². The Morgan fingerprint density at radius 1 is 1.17 bits per heavy atom. The lowest BCUT2D eigenvalue weighted by Gasteiger charge is -2.23. The molecule has 0 saturated carbocycles. The van der Waals surface area contributed by atoms with E-state index in [1.54, 1.807) is 28.9 Å². The highest BCUT2D eigenvalue weighted by Crippen LogP contribution is 2.38. The van der Waals surface area contributed by atoms with E-state index in [-0.39, 0.29) is 18.1 Å². The molecule has 1 aromatic heterocycles. The number of anilines is 1. The third-order valence-electron chi connectivity index (χ3n) is 5.45. The highest BCUT2D eigenvalue weighted by molar-refractivity contribution is 6.08. The fourth-order valence-corrected chi connectivity index (χ4v) is 4.07. The number of hydrogen-bond donors (Lipinski definition) is 1. The minimum absolute atomic E-state index is 0.0857. The van der Waals surface area contributed by atoms with Crippen LogP contribution in [0.1, 0.15) is 52.0 Å². The first-order valence-corrected chi connectivity index (χ1v) is 10.1. The summed E-state index contributed by atoms with van der Waals surface area (Å²) >= 11 is 0. The van der Waals surface area contributed by atoms with E-state index in [1.807, 2.05) is 39.8 Å². The van der Waals surface area contributed by atoms with Gasteiger partial charge in [0.25, 0.3) is 0 Å². The molecular formula is C24H25N3O3. The molecular weight excluding hydrogens is 378 g/mol. The van der Waals surface area contributed by atoms with Crippen molar-refractivity contribution in [3.05, 3.63) is 70.4 Å². The molecule has 2 aromatic carbocycles. The molecule has 30 heavy (non-hydrogen) atoms. The molecule has 1 unspecified atom stereocenters. The van der Waals surface area contributed by atoms with E-state index in [1.165, 1.54) is 0 Å². The summed E-state index contributed by atoms with van der Waals surface area (Å²) in [7, 11) is 0. The van der Waals surface area contributed by atoms with E-state index in [0.717, 1.165) is 33.8 Å². The zero-order valence-electron chi connectivity index (χ0n) is 17.7. The number of benzene rings is 2. The molecule has 0 aliphatic carbocycles. The molecule has 0 bridgehead atoms. The standard InChI is InChI=1S/C24H25N3O3/c1-5-30-18-9-7-17(8-10-18)23(29)19-13-21(28)25-24-22(19)16(4)26-27(24)20-11-6-14(2)12-15(20)3/h6-12,19H,5,13H2,1-4H3,(H,25,28). The van der Waals surface area contributed by atoms with Crippen molar-refractivity contribution >= 4 is 17.5 Å². The van der Waals surface area contributed by atoms with Crippen molar-refractivity contribution in [1.29, 1.82) is 0 Å². The maximum absolute atomic E-state index is 13.3. The van der Waals surface area contributed by atoms with E-state index in [2.05, 4.69) is 16.5 Å². The third-order valence-corrected chi connectivity index (χ3v) is 5.45. The van der Waals surface area contributed by atoms with Crippen molar-refractivity contribution in [3.63, 3.8) is 0 Å². The van der Waals surface area contributed by atoms with Crippen LogP contribution < -0.4 is 10.1 Å². The van der Waals surface area contributed by atoms with Gasteiger partial charge in [-0.15, -0.1) is 0 Å². The number of Topliss-reactive ketones (excluding diaryl/α,β-unsaturated/α-hetero) is 1. The lowest BCUT2D eigenvalue weighted by atomic mass is 9.85. The average Bonchev–Trinajstić information content (AvgIpc) is 3.04. The lowest BCUT2D eigenvalue weighted by molar-refractivity contribution is -0.116. The molecule has 1 amide bonds. The van der Waals surface area contributed by atoms with Gasteiger partial charge < -0.3 is 10.1 Å². The van der Waals surface area contributed by atoms with Crippen molar-refractivity contribution in [2.75, 3.05) is 11.9 Å². The zero-order chi connectivity index (χ0) is 21.4. The summed E-state index contributed by atoms with van der Waals surface area (Å²) in [5.74, 6) is 0.469. The number of ether oxygens (including phenoxy) is 1. The van der Waals surface area contributed by atoms with E-state index >= 15 is 0 Å².